The van der Waals surface area contributed by atoms with Gasteiger partial charge in [0.1, 0.15) is 115 Å². The Morgan fingerprint density at radius 3 is 1.69 bits per heavy atom. The molecule has 39 atom stereocenters. The van der Waals surface area contributed by atoms with Crippen molar-refractivity contribution in [3.63, 3.8) is 0 Å². The molecule has 19 N–H and O–H groups in total. The summed E-state index contributed by atoms with van der Waals surface area (Å²) < 4.78 is 108. The number of carbonyl (C=O) groups excluding carboxylic acids is 2. The first kappa shape index (κ1) is 92.9. The van der Waals surface area contributed by atoms with Crippen LogP contribution in [0.3, 0.4) is 0 Å². The van der Waals surface area contributed by atoms with Gasteiger partial charge < -0.3 is 182 Å². The summed E-state index contributed by atoms with van der Waals surface area (Å²) in [4.78, 5) is 44.6. The van der Waals surface area contributed by atoms with Crippen molar-refractivity contribution >= 4 is 24.0 Å². The van der Waals surface area contributed by atoms with Crippen LogP contribution in [0.25, 0.3) is 6.08 Å². The van der Waals surface area contributed by atoms with E-state index in [0.29, 0.717) is 24.8 Å². The molecular formula is C80H120O40. The summed E-state index contributed by atoms with van der Waals surface area (Å²) in [7, 11) is 4.19. The summed E-state index contributed by atoms with van der Waals surface area (Å²) in [5.74, 6) is -4.37. The minimum Gasteiger partial charge on any atom is -0.493 e. The highest BCUT2D eigenvalue weighted by Crippen LogP contribution is 2.76. The number of hydrogen-bond acceptors (Lipinski definition) is 39. The molecule has 40 heteroatoms. The van der Waals surface area contributed by atoms with Crippen LogP contribution < -0.4 is 14.2 Å². The van der Waals surface area contributed by atoms with Gasteiger partial charge in [-0.1, -0.05) is 39.3 Å². The van der Waals surface area contributed by atoms with Crippen molar-refractivity contribution in [1.82, 2.24) is 0 Å². The zero-order valence-corrected chi connectivity index (χ0v) is 68.5. The third-order valence-corrected chi connectivity index (χ3v) is 28.7. The Morgan fingerprint density at radius 1 is 0.525 bits per heavy atom. The standard InChI is InChI=1S/C80H120O40/c1-33-55(114-46(87)14-11-35-21-40(103-8)57(105-10)41(22-35)104-9)52(93)60(118-67-54(95)59(117-70-62(97)80(102,30-84)32-109-70)56(34(2)110-67)115-65-53(94)58(116-69-61(96)79(101,29-83)31-108-69)43(27-107-65)113-64-50(91)47(88)39(86)26-106-64)68(111-33)120-72(100)77-18-17-73(3,4)23-37(77)36-12-13-44-74(5)24-38(85)63(119-66-51(92)49(90)48(89)42(25-81)112-66)76(7,71(98)99)45(74)15-16-75(44,6)78(36,28-82)20-19-77/h11-12,14,21-22,33-34,37-39,42-45,47-56,58-70,81-86,88-97,101-102H,13,15-20,23-32H2,1-10H3,(H,98,99)/t33-,34+,37+,38+,39+,42-,43-,44-,45-,47+,48-,49+,50-,51-,52+,53-,54-,55+,56+,58+,59+,60-,61+,62+,63+,64+,65+,66+,67+,68+,69+,70+,74-,75-,76+,77+,78+,79-,80-/m1/s1. The fraction of sp³-hybridized carbons (Fsp3) is 0.838. The molecule has 5 aliphatic carbocycles. The zero-order chi connectivity index (χ0) is 87.4. The summed E-state index contributed by atoms with van der Waals surface area (Å²) in [5.41, 5.74) is -10.3. The van der Waals surface area contributed by atoms with E-state index in [1.165, 1.54) is 48.2 Å². The van der Waals surface area contributed by atoms with Crippen molar-refractivity contribution in [1.29, 1.82) is 0 Å². The van der Waals surface area contributed by atoms with Crippen LogP contribution >= 0.6 is 0 Å². The Bertz CT molecular complexity index is 3790. The molecule has 0 bridgehead atoms. The number of hydrogen-bond donors (Lipinski definition) is 19. The Hall–Kier alpha value is -4.73. The Labute approximate surface area is 691 Å². The van der Waals surface area contributed by atoms with Crippen LogP contribution in [-0.4, -0.2) is 379 Å². The van der Waals surface area contributed by atoms with Crippen LogP contribution in [0, 0.1) is 50.2 Å². The van der Waals surface area contributed by atoms with Gasteiger partial charge in [-0.25, -0.2) is 4.79 Å². The molecule has 120 heavy (non-hydrogen) atoms. The molecule has 0 radical (unpaired) electrons. The lowest BCUT2D eigenvalue weighted by Crippen LogP contribution is -2.71. The first-order chi connectivity index (χ1) is 56.6. The molecule has 11 fully saturated rings. The second-order valence-electron chi connectivity index (χ2n) is 36.2. The molecule has 12 aliphatic rings. The molecule has 0 spiro atoms. The van der Waals surface area contributed by atoms with Gasteiger partial charge in [0.25, 0.3) is 0 Å². The van der Waals surface area contributed by atoms with Gasteiger partial charge in [0.2, 0.25) is 12.0 Å². The molecule has 13 rings (SSSR count). The van der Waals surface area contributed by atoms with Crippen molar-refractivity contribution in [3.05, 3.63) is 35.4 Å². The molecule has 1 aromatic rings. The Morgan fingerprint density at radius 2 is 1.09 bits per heavy atom. The second kappa shape index (κ2) is 35.5. The summed E-state index contributed by atoms with van der Waals surface area (Å²) in [5, 5.41) is 214. The fourth-order valence-electron chi connectivity index (χ4n) is 21.6. The van der Waals surface area contributed by atoms with Gasteiger partial charge in [0, 0.05) is 11.5 Å². The van der Waals surface area contributed by atoms with E-state index < -0.39 is 311 Å². The lowest BCUT2D eigenvalue weighted by molar-refractivity contribution is -0.391. The van der Waals surface area contributed by atoms with Crippen molar-refractivity contribution in [2.45, 2.75) is 296 Å². The number of allylic oxidation sites excluding steroid dienone is 1. The maximum Gasteiger partial charge on any atom is 0.331 e. The molecule has 7 heterocycles. The van der Waals surface area contributed by atoms with Crippen molar-refractivity contribution < 1.29 is 197 Å². The highest BCUT2D eigenvalue weighted by Gasteiger charge is 2.74. The van der Waals surface area contributed by atoms with Crippen molar-refractivity contribution in [3.8, 4) is 17.2 Å². The quantitative estimate of drug-likeness (QED) is 0.0189. The van der Waals surface area contributed by atoms with Crippen molar-refractivity contribution in [2.75, 3.05) is 74.2 Å². The maximum atomic E-state index is 16.3. The van der Waals surface area contributed by atoms with E-state index in [1.54, 1.807) is 12.1 Å². The summed E-state index contributed by atoms with van der Waals surface area (Å²) in [6.45, 7) is 6.42. The zero-order valence-electron chi connectivity index (χ0n) is 68.5. The van der Waals surface area contributed by atoms with E-state index in [2.05, 4.69) is 20.8 Å². The number of carboxylic acid groups (broad SMARTS) is 1. The van der Waals surface area contributed by atoms with E-state index >= 15 is 4.79 Å². The van der Waals surface area contributed by atoms with Gasteiger partial charge in [-0.3, -0.25) is 9.59 Å². The molecule has 4 saturated carbocycles. The maximum absolute atomic E-state index is 16.3. The van der Waals surface area contributed by atoms with E-state index in [9.17, 15) is 107 Å². The predicted octanol–water partition coefficient (Wildman–Crippen LogP) is -4.65. The molecule has 0 unspecified atom stereocenters. The van der Waals surface area contributed by atoms with E-state index in [1.807, 2.05) is 13.0 Å². The highest BCUT2D eigenvalue weighted by atomic mass is 16.8. The van der Waals surface area contributed by atoms with Crippen LogP contribution in [-0.2, 0) is 85.4 Å². The third kappa shape index (κ3) is 16.2. The third-order valence-electron chi connectivity index (χ3n) is 28.7. The van der Waals surface area contributed by atoms with Crippen LogP contribution in [0.2, 0.25) is 0 Å². The van der Waals surface area contributed by atoms with E-state index in [4.69, 9.17) is 85.3 Å². The Balaban J connectivity index is 0.816. The number of methoxy groups -OCH3 is 3. The average molecular weight is 1720 g/mol. The summed E-state index contributed by atoms with van der Waals surface area (Å²) in [6, 6.07) is 3.08. The van der Waals surface area contributed by atoms with Crippen LogP contribution in [0.4, 0.5) is 0 Å². The summed E-state index contributed by atoms with van der Waals surface area (Å²) in [6.07, 6.45) is -46.4. The number of carbonyl (C=O) groups is 3. The van der Waals surface area contributed by atoms with Gasteiger partial charge in [-0.15, -0.1) is 0 Å². The van der Waals surface area contributed by atoms with Crippen LogP contribution in [0.15, 0.2) is 29.9 Å². The minimum absolute atomic E-state index is 0.0391. The largest absolute Gasteiger partial charge is 0.493 e. The number of fused-ring (bicyclic) bond motifs is 7. The molecule has 40 nitrogen and oxygen atoms in total. The molecule has 0 amide bonds. The number of benzene rings is 1. The van der Waals surface area contributed by atoms with E-state index in [0.717, 1.165) is 11.6 Å². The smallest absolute Gasteiger partial charge is 0.331 e. The second-order valence-corrected chi connectivity index (χ2v) is 36.2. The van der Waals surface area contributed by atoms with Gasteiger partial charge >= 0.3 is 17.9 Å². The molecule has 680 valence electrons. The predicted molar refractivity (Wildman–Crippen MR) is 398 cm³/mol. The molecule has 7 saturated heterocycles. The number of ether oxygens (including phenoxy) is 18. The number of aliphatic hydroxyl groups excluding tert-OH is 16. The topological polar surface area (TPSA) is 602 Å². The van der Waals surface area contributed by atoms with Crippen molar-refractivity contribution in [2.24, 2.45) is 50.2 Å². The SMILES string of the molecule is COc1cc(C=CC(=O)O[C@@H]2[C@H](O)[C@@H](O[C@@H]3O[C@@H](C)[C@H](O[C@@H]4OC[C@@H](O[C@@H]5OC[C@H](O)[C@H](O)[C@H]5O)[C@H](O[C@@H]5OC[C@](O)(CO)[C@H]5O)[C@H]4O)[C@@H](O[C@@H]4OC[C@](O)(CO)[C@H]4O)[C@H]3O)[C@H](OC(=O)[C@]34CCC(C)(C)C[C@H]3C3=CC[C@@H]5[C@@]6(C)C[C@H](O)[C@H](O[C@@H]7O[C@H](CO)[C@@H](O)[C@H](O)[C@H]7O)[C@@](C)(C(=O)O)[C@@H]6CC[C@@]5(C)[C@]3(CO)CC4)O[C@@H]2C)cc(OC)c1OC. The molecule has 1 aromatic carbocycles. The van der Waals surface area contributed by atoms with Gasteiger partial charge in [0.15, 0.2) is 61.4 Å². The first-order valence-electron chi connectivity index (χ1n) is 40.8. The number of rotatable bonds is 25. The fourth-order valence-corrected chi connectivity index (χ4v) is 21.6. The van der Waals surface area contributed by atoms with Gasteiger partial charge in [0.05, 0.1) is 103 Å². The van der Waals surface area contributed by atoms with Crippen LogP contribution in [0.5, 0.6) is 17.2 Å². The highest BCUT2D eigenvalue weighted by molar-refractivity contribution is 5.87. The number of esters is 2. The van der Waals surface area contributed by atoms with Crippen LogP contribution in [0.1, 0.15) is 112 Å². The average Bonchev–Trinajstić information content (AvgIpc) is 0.876. The number of aliphatic carboxylic acids is 1. The van der Waals surface area contributed by atoms with Gasteiger partial charge in [-0.2, -0.15) is 0 Å². The van der Waals surface area contributed by atoms with E-state index in [-0.39, 0.29) is 55.8 Å². The number of aliphatic hydroxyl groups is 18. The minimum atomic E-state index is -2.36. The molecule has 7 aliphatic heterocycles. The number of carboxylic acids is 1. The lowest BCUT2D eigenvalue weighted by Gasteiger charge is -2.71. The Kier molecular flexibility index (Phi) is 27.5. The lowest BCUT2D eigenvalue weighted by atomic mass is 9.33. The molecular weight excluding hydrogens is 1600 g/mol. The normalized spacial score (nSPS) is 48.8. The molecule has 0 aromatic heterocycles. The summed E-state index contributed by atoms with van der Waals surface area (Å²) >= 11 is 0. The first-order valence-corrected chi connectivity index (χ1v) is 40.8. The monoisotopic (exact) mass is 1720 g/mol. The van der Waals surface area contributed by atoms with Gasteiger partial charge in [-0.05, 0) is 136 Å².